The molecule has 0 atom stereocenters. The molecule has 1 aromatic rings. The molecule has 0 saturated carbocycles. The van der Waals surface area contributed by atoms with Crippen molar-refractivity contribution in [1.29, 1.82) is 0 Å². The van der Waals surface area contributed by atoms with Gasteiger partial charge in [0, 0.05) is 32.3 Å². The largest absolute Gasteiger partial charge is 0.496 e. The van der Waals surface area contributed by atoms with Crippen LogP contribution in [0.2, 0.25) is 0 Å². The Balaban J connectivity index is 2.16. The molecule has 0 aliphatic heterocycles. The molecule has 0 bridgehead atoms. The summed E-state index contributed by atoms with van der Waals surface area (Å²) in [6, 6.07) is 7.85. The average molecular weight is 309 g/mol. The summed E-state index contributed by atoms with van der Waals surface area (Å²) in [4.78, 5) is 4.13. The van der Waals surface area contributed by atoms with E-state index in [1.54, 1.807) is 14.2 Å². The molecule has 0 amide bonds. The highest BCUT2D eigenvalue weighted by Gasteiger charge is 2.01. The third-order valence-corrected chi connectivity index (χ3v) is 2.96. The summed E-state index contributed by atoms with van der Waals surface area (Å²) in [6.07, 6.45) is 0. The van der Waals surface area contributed by atoms with Crippen LogP contribution in [0.25, 0.3) is 0 Å². The summed E-state index contributed by atoms with van der Waals surface area (Å²) in [7, 11) is 3.41. The zero-order chi connectivity index (χ0) is 16.0. The van der Waals surface area contributed by atoms with Crippen molar-refractivity contribution in [2.45, 2.75) is 13.5 Å². The Kier molecular flexibility index (Phi) is 9.81. The predicted molar refractivity (Wildman–Crippen MR) is 88.5 cm³/mol. The predicted octanol–water partition coefficient (Wildman–Crippen LogP) is 1.41. The molecule has 0 aliphatic rings. The number of benzene rings is 1. The van der Waals surface area contributed by atoms with Gasteiger partial charge in [-0.25, -0.2) is 0 Å². The Hall–Kier alpha value is -1.79. The summed E-state index contributed by atoms with van der Waals surface area (Å²) in [6.45, 7) is 5.91. The molecule has 0 saturated heterocycles. The fourth-order valence-electron chi connectivity index (χ4n) is 1.85. The van der Waals surface area contributed by atoms with E-state index in [1.165, 1.54) is 0 Å². The molecule has 2 N–H and O–H groups in total. The van der Waals surface area contributed by atoms with Crippen molar-refractivity contribution in [3.8, 4) is 5.75 Å². The van der Waals surface area contributed by atoms with E-state index < -0.39 is 0 Å². The van der Waals surface area contributed by atoms with Crippen LogP contribution in [0.5, 0.6) is 5.75 Å². The Morgan fingerprint density at radius 1 is 1.09 bits per heavy atom. The monoisotopic (exact) mass is 309 g/mol. The molecule has 0 fully saturated rings. The second-order valence-electron chi connectivity index (χ2n) is 4.49. The number of guanidine groups is 1. The van der Waals surface area contributed by atoms with E-state index >= 15 is 0 Å². The molecule has 0 spiro atoms. The lowest BCUT2D eigenvalue weighted by molar-refractivity contribution is 0.123. The Morgan fingerprint density at radius 3 is 2.41 bits per heavy atom. The summed E-state index contributed by atoms with van der Waals surface area (Å²) in [5.41, 5.74) is 1.05. The smallest absolute Gasteiger partial charge is 0.191 e. The molecule has 0 radical (unpaired) electrons. The number of nitrogens with one attached hydrogen (secondary N) is 2. The third-order valence-electron chi connectivity index (χ3n) is 2.96. The first-order valence-corrected chi connectivity index (χ1v) is 7.53. The van der Waals surface area contributed by atoms with E-state index in [0.717, 1.165) is 30.4 Å². The van der Waals surface area contributed by atoms with Crippen molar-refractivity contribution < 1.29 is 14.2 Å². The quantitative estimate of drug-likeness (QED) is 0.389. The summed E-state index contributed by atoms with van der Waals surface area (Å²) in [5, 5.41) is 6.36. The topological polar surface area (TPSA) is 64.1 Å². The van der Waals surface area contributed by atoms with Crippen LogP contribution < -0.4 is 15.4 Å². The van der Waals surface area contributed by atoms with Crippen molar-refractivity contribution in [2.75, 3.05) is 47.1 Å². The number of rotatable bonds is 10. The van der Waals surface area contributed by atoms with Gasteiger partial charge in [-0.1, -0.05) is 18.2 Å². The van der Waals surface area contributed by atoms with E-state index in [4.69, 9.17) is 14.2 Å². The van der Waals surface area contributed by atoms with Gasteiger partial charge >= 0.3 is 0 Å². The van der Waals surface area contributed by atoms with Gasteiger partial charge in [0.1, 0.15) is 5.75 Å². The molecule has 6 nitrogen and oxygen atoms in total. The minimum absolute atomic E-state index is 0.530. The summed E-state index contributed by atoms with van der Waals surface area (Å²) in [5.74, 6) is 1.60. The third kappa shape index (κ3) is 7.28. The minimum atomic E-state index is 0.530. The molecule has 0 aliphatic carbocycles. The first kappa shape index (κ1) is 18.3. The highest BCUT2D eigenvalue weighted by atomic mass is 16.5. The molecule has 1 rings (SSSR count). The van der Waals surface area contributed by atoms with E-state index in [-0.39, 0.29) is 0 Å². The van der Waals surface area contributed by atoms with Gasteiger partial charge in [-0.3, -0.25) is 4.99 Å². The van der Waals surface area contributed by atoms with Gasteiger partial charge in [0.2, 0.25) is 0 Å². The lowest BCUT2D eigenvalue weighted by atomic mass is 10.2. The molecule has 0 unspecified atom stereocenters. The number of hydrogen-bond acceptors (Lipinski definition) is 4. The van der Waals surface area contributed by atoms with Gasteiger partial charge in [-0.2, -0.15) is 0 Å². The molecular formula is C16H27N3O3. The van der Waals surface area contributed by atoms with Crippen LogP contribution in [-0.4, -0.2) is 53.0 Å². The van der Waals surface area contributed by atoms with Gasteiger partial charge in [0.15, 0.2) is 5.96 Å². The molecule has 6 heteroatoms. The second-order valence-corrected chi connectivity index (χ2v) is 4.49. The number of methoxy groups -OCH3 is 1. The van der Waals surface area contributed by atoms with Gasteiger partial charge < -0.3 is 24.8 Å². The zero-order valence-corrected chi connectivity index (χ0v) is 13.7. The number of ether oxygens (including phenoxy) is 3. The van der Waals surface area contributed by atoms with E-state index in [2.05, 4.69) is 15.6 Å². The van der Waals surface area contributed by atoms with Crippen LogP contribution in [-0.2, 0) is 16.1 Å². The number of aliphatic imine (C=N–C) groups is 1. The van der Waals surface area contributed by atoms with Gasteiger partial charge in [-0.15, -0.1) is 0 Å². The number of nitrogens with zero attached hydrogens (tertiary/aromatic N) is 1. The highest BCUT2D eigenvalue weighted by molar-refractivity contribution is 5.79. The normalized spacial score (nSPS) is 11.3. The fourth-order valence-corrected chi connectivity index (χ4v) is 1.85. The summed E-state index contributed by atoms with van der Waals surface area (Å²) < 4.78 is 16.2. The average Bonchev–Trinajstić information content (AvgIpc) is 2.56. The van der Waals surface area contributed by atoms with E-state index in [1.807, 2.05) is 31.2 Å². The minimum Gasteiger partial charge on any atom is -0.496 e. The Labute approximate surface area is 132 Å². The van der Waals surface area contributed by atoms with Gasteiger partial charge in [0.25, 0.3) is 0 Å². The van der Waals surface area contributed by atoms with Crippen molar-refractivity contribution in [3.63, 3.8) is 0 Å². The van der Waals surface area contributed by atoms with Gasteiger partial charge in [0.05, 0.1) is 26.9 Å². The molecule has 22 heavy (non-hydrogen) atoms. The highest BCUT2D eigenvalue weighted by Crippen LogP contribution is 2.17. The van der Waals surface area contributed by atoms with E-state index in [9.17, 15) is 0 Å². The van der Waals surface area contributed by atoms with Crippen molar-refractivity contribution in [3.05, 3.63) is 29.8 Å². The first-order chi connectivity index (χ1) is 10.8. The second kappa shape index (κ2) is 11.8. The first-order valence-electron chi connectivity index (χ1n) is 7.53. The fraction of sp³-hybridized carbons (Fsp3) is 0.562. The van der Waals surface area contributed by atoms with Crippen LogP contribution in [0.1, 0.15) is 12.5 Å². The Morgan fingerprint density at radius 2 is 1.77 bits per heavy atom. The lowest BCUT2D eigenvalue weighted by Crippen LogP contribution is -2.40. The molecular weight excluding hydrogens is 282 g/mol. The maximum Gasteiger partial charge on any atom is 0.191 e. The summed E-state index contributed by atoms with van der Waals surface area (Å²) >= 11 is 0. The molecule has 124 valence electrons. The molecule has 0 heterocycles. The van der Waals surface area contributed by atoms with Crippen molar-refractivity contribution in [2.24, 2.45) is 4.99 Å². The van der Waals surface area contributed by atoms with Crippen LogP contribution >= 0.6 is 0 Å². The zero-order valence-electron chi connectivity index (χ0n) is 13.7. The Bertz CT molecular complexity index is 438. The van der Waals surface area contributed by atoms with Crippen LogP contribution in [0.4, 0.5) is 0 Å². The maximum atomic E-state index is 5.65. The number of hydrogen-bond donors (Lipinski definition) is 2. The van der Waals surface area contributed by atoms with Crippen LogP contribution in [0.3, 0.4) is 0 Å². The van der Waals surface area contributed by atoms with E-state index in [0.29, 0.717) is 26.4 Å². The maximum absolute atomic E-state index is 5.65. The van der Waals surface area contributed by atoms with Gasteiger partial charge in [-0.05, 0) is 13.0 Å². The van der Waals surface area contributed by atoms with Crippen LogP contribution in [0, 0.1) is 0 Å². The van der Waals surface area contributed by atoms with Crippen molar-refractivity contribution in [1.82, 2.24) is 10.6 Å². The standard InChI is InChI=1S/C16H27N3O3/c1-4-21-11-9-18-16(17-2)19-10-12-22-13-14-7-5-6-8-15(14)20-3/h5-8H,4,9-13H2,1-3H3,(H2,17,18,19). The van der Waals surface area contributed by atoms with Crippen molar-refractivity contribution >= 4 is 5.96 Å². The lowest BCUT2D eigenvalue weighted by Gasteiger charge is -2.12. The SMILES string of the molecule is CCOCCNC(=NC)NCCOCc1ccccc1OC. The molecule has 1 aromatic carbocycles. The molecule has 0 aromatic heterocycles. The number of para-hydroxylation sites is 1. The van der Waals surface area contributed by atoms with Crippen LogP contribution in [0.15, 0.2) is 29.3 Å².